The summed E-state index contributed by atoms with van der Waals surface area (Å²) >= 11 is 0. The van der Waals surface area contributed by atoms with Crippen LogP contribution in [-0.4, -0.2) is 6.61 Å². The van der Waals surface area contributed by atoms with E-state index >= 15 is 0 Å². The van der Waals surface area contributed by atoms with E-state index < -0.39 is 0 Å². The third-order valence-electron chi connectivity index (χ3n) is 1.77. The van der Waals surface area contributed by atoms with Crippen molar-refractivity contribution in [2.45, 2.75) is 46.5 Å². The number of hydrogen-bond acceptors (Lipinski definition) is 1. The molecule has 0 aliphatic carbocycles. The summed E-state index contributed by atoms with van der Waals surface area (Å²) in [6.45, 7) is 7.38. The highest BCUT2D eigenvalue weighted by Gasteiger charge is 1.88. The molecule has 1 nitrogen and oxygen atoms in total. The Morgan fingerprint density at radius 2 is 1.82 bits per heavy atom. The summed E-state index contributed by atoms with van der Waals surface area (Å²) in [6.07, 6.45) is 6.53. The van der Waals surface area contributed by atoms with E-state index in [4.69, 9.17) is 4.74 Å². The fourth-order valence-corrected chi connectivity index (χ4v) is 0.821. The minimum absolute atomic E-state index is 0.875. The maximum absolute atomic E-state index is 5.36. The second kappa shape index (κ2) is 7.64. The Morgan fingerprint density at radius 1 is 1.18 bits per heavy atom. The Labute approximate surface area is 70.4 Å². The Morgan fingerprint density at radius 3 is 2.27 bits per heavy atom. The van der Waals surface area contributed by atoms with Crippen molar-refractivity contribution in [3.05, 3.63) is 11.8 Å². The van der Waals surface area contributed by atoms with Crippen LogP contribution in [0.25, 0.3) is 0 Å². The molecule has 0 saturated carbocycles. The Hall–Kier alpha value is -0.460. The van der Waals surface area contributed by atoms with Crippen LogP contribution in [-0.2, 0) is 4.74 Å². The summed E-state index contributed by atoms with van der Waals surface area (Å²) in [4.78, 5) is 0. The third-order valence-corrected chi connectivity index (χ3v) is 1.77. The van der Waals surface area contributed by atoms with Crippen LogP contribution in [0.1, 0.15) is 46.5 Å². The Balaban J connectivity index is 3.37. The molecule has 0 spiro atoms. The third kappa shape index (κ3) is 5.96. The maximum atomic E-state index is 5.36. The van der Waals surface area contributed by atoms with E-state index in [1.807, 2.05) is 6.26 Å². The summed E-state index contributed by atoms with van der Waals surface area (Å²) < 4.78 is 5.36. The largest absolute Gasteiger partial charge is 0.501 e. The molecule has 0 bridgehead atoms. The molecule has 0 amide bonds. The van der Waals surface area contributed by atoms with Crippen LogP contribution >= 0.6 is 0 Å². The van der Waals surface area contributed by atoms with Crippen molar-refractivity contribution < 1.29 is 4.74 Å². The summed E-state index contributed by atoms with van der Waals surface area (Å²) in [7, 11) is 0. The fourth-order valence-electron chi connectivity index (χ4n) is 0.821. The highest BCUT2D eigenvalue weighted by molar-refractivity contribution is 4.95. The van der Waals surface area contributed by atoms with Gasteiger partial charge in [-0.1, -0.05) is 27.2 Å². The molecule has 0 aromatic carbocycles. The number of rotatable bonds is 6. The van der Waals surface area contributed by atoms with E-state index in [0.717, 1.165) is 25.9 Å². The Kier molecular flexibility index (Phi) is 7.33. The van der Waals surface area contributed by atoms with Gasteiger partial charge in [0.15, 0.2) is 0 Å². The van der Waals surface area contributed by atoms with Crippen molar-refractivity contribution in [1.82, 2.24) is 0 Å². The van der Waals surface area contributed by atoms with E-state index in [1.165, 1.54) is 12.0 Å². The topological polar surface area (TPSA) is 9.23 Å². The molecule has 0 heterocycles. The van der Waals surface area contributed by atoms with Crippen LogP contribution in [0.2, 0.25) is 0 Å². The molecule has 11 heavy (non-hydrogen) atoms. The van der Waals surface area contributed by atoms with Gasteiger partial charge >= 0.3 is 0 Å². The fraction of sp³-hybridized carbons (Fsp3) is 0.800. The summed E-state index contributed by atoms with van der Waals surface area (Å²) in [6, 6.07) is 0. The van der Waals surface area contributed by atoms with E-state index in [9.17, 15) is 0 Å². The van der Waals surface area contributed by atoms with Crippen LogP contribution < -0.4 is 0 Å². The van der Waals surface area contributed by atoms with Gasteiger partial charge in [-0.25, -0.2) is 0 Å². The number of hydrogen-bond donors (Lipinski definition) is 0. The van der Waals surface area contributed by atoms with Gasteiger partial charge in [-0.3, -0.25) is 0 Å². The molecule has 0 fully saturated rings. The molecule has 0 aliphatic rings. The normalized spacial score (nSPS) is 9.36. The van der Waals surface area contributed by atoms with Crippen LogP contribution in [0.4, 0.5) is 0 Å². The number of unbranched alkanes of at least 4 members (excludes halogenated alkanes) is 1. The van der Waals surface area contributed by atoms with Crippen LogP contribution in [0.15, 0.2) is 11.8 Å². The lowest BCUT2D eigenvalue weighted by atomic mass is 10.2. The zero-order valence-electron chi connectivity index (χ0n) is 8.02. The van der Waals surface area contributed by atoms with Gasteiger partial charge in [-0.15, -0.1) is 0 Å². The first-order chi connectivity index (χ1) is 5.35. The standard InChI is InChI=1S/C10H20O/c1-4-7-8-11-9-10(5-2)6-3/h9H,4-8H2,1-3H3. The number of ether oxygens (including phenoxy) is 1. The molecule has 0 aromatic rings. The molecule has 0 aromatic heterocycles. The van der Waals surface area contributed by atoms with Crippen molar-refractivity contribution in [2.24, 2.45) is 0 Å². The van der Waals surface area contributed by atoms with Crippen molar-refractivity contribution >= 4 is 0 Å². The van der Waals surface area contributed by atoms with Crippen molar-refractivity contribution in [2.75, 3.05) is 6.61 Å². The predicted molar refractivity (Wildman–Crippen MR) is 49.5 cm³/mol. The highest BCUT2D eigenvalue weighted by atomic mass is 16.5. The summed E-state index contributed by atoms with van der Waals surface area (Å²) in [5, 5.41) is 0. The second-order valence-electron chi connectivity index (χ2n) is 2.71. The van der Waals surface area contributed by atoms with Gasteiger partial charge in [0.2, 0.25) is 0 Å². The van der Waals surface area contributed by atoms with Gasteiger partial charge in [0.25, 0.3) is 0 Å². The minimum Gasteiger partial charge on any atom is -0.501 e. The lowest BCUT2D eigenvalue weighted by molar-refractivity contribution is 0.239. The van der Waals surface area contributed by atoms with Gasteiger partial charge in [0, 0.05) is 0 Å². The predicted octanol–water partition coefficient (Wildman–Crippen LogP) is 3.51. The highest BCUT2D eigenvalue weighted by Crippen LogP contribution is 2.05. The summed E-state index contributed by atoms with van der Waals surface area (Å²) in [5.41, 5.74) is 1.40. The van der Waals surface area contributed by atoms with E-state index in [1.54, 1.807) is 0 Å². The van der Waals surface area contributed by atoms with Crippen molar-refractivity contribution in [3.8, 4) is 0 Å². The van der Waals surface area contributed by atoms with Gasteiger partial charge < -0.3 is 4.74 Å². The molecule has 0 atom stereocenters. The molecule has 0 radical (unpaired) electrons. The van der Waals surface area contributed by atoms with Gasteiger partial charge in [0.1, 0.15) is 0 Å². The van der Waals surface area contributed by atoms with E-state index in [0.29, 0.717) is 0 Å². The van der Waals surface area contributed by atoms with E-state index in [2.05, 4.69) is 20.8 Å². The van der Waals surface area contributed by atoms with Gasteiger partial charge in [-0.05, 0) is 24.8 Å². The molecule has 66 valence electrons. The molecular formula is C10H20O. The van der Waals surface area contributed by atoms with Crippen LogP contribution in [0, 0.1) is 0 Å². The lowest BCUT2D eigenvalue weighted by Crippen LogP contribution is -1.88. The molecule has 0 saturated heterocycles. The smallest absolute Gasteiger partial charge is 0.0873 e. The SMILES string of the molecule is CCCCOC=C(CC)CC. The first-order valence-corrected chi connectivity index (χ1v) is 4.64. The molecule has 0 aliphatic heterocycles. The molecule has 0 unspecified atom stereocenters. The zero-order chi connectivity index (χ0) is 8.53. The monoisotopic (exact) mass is 156 g/mol. The molecule has 0 rings (SSSR count). The first kappa shape index (κ1) is 10.5. The molecule has 1 heteroatoms. The summed E-state index contributed by atoms with van der Waals surface area (Å²) in [5.74, 6) is 0. The quantitative estimate of drug-likeness (QED) is 0.422. The van der Waals surface area contributed by atoms with Crippen molar-refractivity contribution in [3.63, 3.8) is 0 Å². The van der Waals surface area contributed by atoms with Crippen molar-refractivity contribution in [1.29, 1.82) is 0 Å². The Bertz CT molecular complexity index is 99.4. The molecule has 0 N–H and O–H groups in total. The number of allylic oxidation sites excluding steroid dienone is 1. The maximum Gasteiger partial charge on any atom is 0.0873 e. The molecular weight excluding hydrogens is 136 g/mol. The minimum atomic E-state index is 0.875. The van der Waals surface area contributed by atoms with Gasteiger partial charge in [0.05, 0.1) is 12.9 Å². The van der Waals surface area contributed by atoms with Gasteiger partial charge in [-0.2, -0.15) is 0 Å². The second-order valence-corrected chi connectivity index (χ2v) is 2.71. The van der Waals surface area contributed by atoms with Crippen LogP contribution in [0.3, 0.4) is 0 Å². The van der Waals surface area contributed by atoms with Crippen LogP contribution in [0.5, 0.6) is 0 Å². The zero-order valence-corrected chi connectivity index (χ0v) is 8.02. The average Bonchev–Trinajstić information content (AvgIpc) is 2.05. The average molecular weight is 156 g/mol. The lowest BCUT2D eigenvalue weighted by Gasteiger charge is -2.02. The van der Waals surface area contributed by atoms with E-state index in [-0.39, 0.29) is 0 Å². The first-order valence-electron chi connectivity index (χ1n) is 4.64.